The fourth-order valence-electron chi connectivity index (χ4n) is 6.35. The van der Waals surface area contributed by atoms with Gasteiger partial charge < -0.3 is 11.5 Å². The molecule has 0 fully saturated rings. The molecule has 0 radical (unpaired) electrons. The van der Waals surface area contributed by atoms with Crippen LogP contribution in [0.15, 0.2) is 0 Å². The van der Waals surface area contributed by atoms with Gasteiger partial charge in [0.25, 0.3) is 0 Å². The fraction of sp³-hybridized carbons (Fsp3) is 0.974. The highest BCUT2D eigenvalue weighted by Gasteiger charge is 2.30. The molecule has 0 unspecified atom stereocenters. The highest BCUT2D eigenvalue weighted by molar-refractivity contribution is 5.84. The van der Waals surface area contributed by atoms with Gasteiger partial charge in [-0.2, -0.15) is 0 Å². The van der Waals surface area contributed by atoms with E-state index in [1.54, 1.807) is 0 Å². The Bertz CT molecular complexity index is 484. The number of rotatable bonds is 35. The second-order valence-electron chi connectivity index (χ2n) is 13.6. The molecule has 0 atom stereocenters. The summed E-state index contributed by atoms with van der Waals surface area (Å²) in [5, 5.41) is 0. The van der Waals surface area contributed by atoms with Crippen molar-refractivity contribution < 1.29 is 4.79 Å². The molecular formula is C38H78N2O. The number of unbranched alkanes of at least 4 members (excludes halogenated alkanes) is 30. The second-order valence-corrected chi connectivity index (χ2v) is 13.6. The van der Waals surface area contributed by atoms with Gasteiger partial charge in [-0.15, -0.1) is 0 Å². The predicted octanol–water partition coefficient (Wildman–Crippen LogP) is 12.5. The maximum Gasteiger partial charge on any atom is 0.237 e. The molecule has 0 saturated carbocycles. The first kappa shape index (κ1) is 40.4. The van der Waals surface area contributed by atoms with Gasteiger partial charge in [0, 0.05) is 0 Å². The van der Waals surface area contributed by atoms with E-state index >= 15 is 0 Å². The SMILES string of the molecule is CCCCCCCCCCCCCCCCCCC(N)(CCCCCCCCCCCCCCCCCC)C(N)=O. The smallest absolute Gasteiger partial charge is 0.237 e. The lowest BCUT2D eigenvalue weighted by Gasteiger charge is -2.26. The molecule has 41 heavy (non-hydrogen) atoms. The summed E-state index contributed by atoms with van der Waals surface area (Å²) >= 11 is 0. The average molecular weight is 579 g/mol. The zero-order valence-electron chi connectivity index (χ0n) is 28.6. The molecule has 0 aromatic carbocycles. The average Bonchev–Trinajstić information content (AvgIpc) is 2.96. The van der Waals surface area contributed by atoms with Gasteiger partial charge >= 0.3 is 0 Å². The van der Waals surface area contributed by atoms with Crippen LogP contribution in [0.1, 0.15) is 232 Å². The topological polar surface area (TPSA) is 69.1 Å². The third-order valence-corrected chi connectivity index (χ3v) is 9.44. The van der Waals surface area contributed by atoms with E-state index in [2.05, 4.69) is 13.8 Å². The van der Waals surface area contributed by atoms with Crippen LogP contribution < -0.4 is 11.5 Å². The summed E-state index contributed by atoms with van der Waals surface area (Å²) in [6.45, 7) is 4.58. The molecule has 0 rings (SSSR count). The van der Waals surface area contributed by atoms with Crippen molar-refractivity contribution in [3.8, 4) is 0 Å². The van der Waals surface area contributed by atoms with Crippen molar-refractivity contribution in [2.45, 2.75) is 238 Å². The van der Waals surface area contributed by atoms with Crippen molar-refractivity contribution in [3.05, 3.63) is 0 Å². The van der Waals surface area contributed by atoms with E-state index in [1.807, 2.05) is 0 Å². The summed E-state index contributed by atoms with van der Waals surface area (Å²) in [5.74, 6) is -0.292. The minimum atomic E-state index is -0.786. The zero-order chi connectivity index (χ0) is 30.1. The quantitative estimate of drug-likeness (QED) is 0.0734. The van der Waals surface area contributed by atoms with E-state index < -0.39 is 5.54 Å². The minimum absolute atomic E-state index is 0.292. The largest absolute Gasteiger partial charge is 0.368 e. The molecule has 0 aromatic rings. The molecule has 0 heterocycles. The van der Waals surface area contributed by atoms with Crippen LogP contribution in [0.2, 0.25) is 0 Å². The number of nitrogens with two attached hydrogens (primary N) is 2. The standard InChI is InChI=1S/C38H78N2O/c1-3-5-7-9-11-13-15-17-19-21-23-25-27-29-31-33-35-38(40,37(39)41)36-34-32-30-28-26-24-22-20-18-16-14-12-10-8-6-4-2/h3-36,40H2,1-2H3,(H2,39,41). The van der Waals surface area contributed by atoms with Gasteiger partial charge in [-0.25, -0.2) is 0 Å². The van der Waals surface area contributed by atoms with Gasteiger partial charge in [0.05, 0.1) is 5.54 Å². The van der Waals surface area contributed by atoms with Crippen LogP contribution in [0.5, 0.6) is 0 Å². The van der Waals surface area contributed by atoms with Gasteiger partial charge in [0.2, 0.25) is 5.91 Å². The van der Waals surface area contributed by atoms with E-state index in [0.717, 1.165) is 25.7 Å². The lowest BCUT2D eigenvalue weighted by Crippen LogP contribution is -2.51. The van der Waals surface area contributed by atoms with Crippen LogP contribution in [0.25, 0.3) is 0 Å². The third-order valence-electron chi connectivity index (χ3n) is 9.44. The molecule has 0 aliphatic rings. The Morgan fingerprint density at radius 2 is 0.537 bits per heavy atom. The van der Waals surface area contributed by atoms with Gasteiger partial charge in [0.1, 0.15) is 0 Å². The van der Waals surface area contributed by atoms with Crippen LogP contribution in [-0.4, -0.2) is 11.4 Å². The first-order valence-electron chi connectivity index (χ1n) is 19.2. The molecule has 1 amide bonds. The van der Waals surface area contributed by atoms with E-state index in [9.17, 15) is 4.79 Å². The van der Waals surface area contributed by atoms with Crippen molar-refractivity contribution in [2.75, 3.05) is 0 Å². The Labute approximate surface area is 259 Å². The van der Waals surface area contributed by atoms with E-state index in [0.29, 0.717) is 0 Å². The molecular weight excluding hydrogens is 500 g/mol. The molecule has 0 aromatic heterocycles. The zero-order valence-corrected chi connectivity index (χ0v) is 28.6. The maximum atomic E-state index is 12.1. The number of hydrogen-bond donors (Lipinski definition) is 2. The van der Waals surface area contributed by atoms with Crippen LogP contribution in [-0.2, 0) is 4.79 Å². The highest BCUT2D eigenvalue weighted by Crippen LogP contribution is 2.22. The Balaban J connectivity index is 3.51. The first-order chi connectivity index (χ1) is 20.1. The minimum Gasteiger partial charge on any atom is -0.368 e. The molecule has 3 heteroatoms. The van der Waals surface area contributed by atoms with Crippen LogP contribution >= 0.6 is 0 Å². The Morgan fingerprint density at radius 3 is 0.707 bits per heavy atom. The maximum absolute atomic E-state index is 12.1. The molecule has 0 aliphatic carbocycles. The van der Waals surface area contributed by atoms with Gasteiger partial charge in [-0.1, -0.05) is 219 Å². The van der Waals surface area contributed by atoms with E-state index in [-0.39, 0.29) is 5.91 Å². The summed E-state index contributed by atoms with van der Waals surface area (Å²) in [4.78, 5) is 12.1. The van der Waals surface area contributed by atoms with Gasteiger partial charge in [-0.05, 0) is 12.8 Å². The highest BCUT2D eigenvalue weighted by atomic mass is 16.1. The molecule has 0 bridgehead atoms. The predicted molar refractivity (Wildman–Crippen MR) is 184 cm³/mol. The summed E-state index contributed by atoms with van der Waals surface area (Å²) in [6.07, 6.45) is 45.1. The molecule has 0 aliphatic heterocycles. The van der Waals surface area contributed by atoms with Crippen LogP contribution in [0, 0.1) is 0 Å². The second kappa shape index (κ2) is 32.3. The molecule has 246 valence electrons. The molecule has 4 N–H and O–H groups in total. The lowest BCUT2D eigenvalue weighted by molar-refractivity contribution is -0.123. The van der Waals surface area contributed by atoms with Crippen molar-refractivity contribution >= 4 is 5.91 Å². The molecule has 3 nitrogen and oxygen atoms in total. The van der Waals surface area contributed by atoms with Gasteiger partial charge in [-0.3, -0.25) is 4.79 Å². The normalized spacial score (nSPS) is 11.9. The lowest BCUT2D eigenvalue weighted by atomic mass is 9.86. The Hall–Kier alpha value is -0.570. The van der Waals surface area contributed by atoms with Crippen molar-refractivity contribution in [3.63, 3.8) is 0 Å². The summed E-state index contributed by atoms with van der Waals surface area (Å²) in [6, 6.07) is 0. The number of hydrogen-bond acceptors (Lipinski definition) is 2. The van der Waals surface area contributed by atoms with Crippen molar-refractivity contribution in [1.29, 1.82) is 0 Å². The Kier molecular flexibility index (Phi) is 31.9. The Morgan fingerprint density at radius 1 is 0.366 bits per heavy atom. The van der Waals surface area contributed by atoms with Gasteiger partial charge in [0.15, 0.2) is 0 Å². The number of carbonyl (C=O) groups excluding carboxylic acids is 1. The van der Waals surface area contributed by atoms with Crippen LogP contribution in [0.3, 0.4) is 0 Å². The number of carbonyl (C=O) groups is 1. The van der Waals surface area contributed by atoms with E-state index in [1.165, 1.54) is 193 Å². The van der Waals surface area contributed by atoms with Crippen molar-refractivity contribution in [2.24, 2.45) is 11.5 Å². The fourth-order valence-corrected chi connectivity index (χ4v) is 6.35. The molecule has 0 spiro atoms. The van der Waals surface area contributed by atoms with E-state index in [4.69, 9.17) is 11.5 Å². The monoisotopic (exact) mass is 579 g/mol. The third kappa shape index (κ3) is 29.3. The molecule has 0 saturated heterocycles. The van der Waals surface area contributed by atoms with Crippen molar-refractivity contribution in [1.82, 2.24) is 0 Å². The summed E-state index contributed by atoms with van der Waals surface area (Å²) in [5.41, 5.74) is 11.4. The summed E-state index contributed by atoms with van der Waals surface area (Å²) in [7, 11) is 0. The first-order valence-corrected chi connectivity index (χ1v) is 19.2. The number of primary amides is 1. The van der Waals surface area contributed by atoms with Crippen LogP contribution in [0.4, 0.5) is 0 Å². The number of amides is 1. The summed E-state index contributed by atoms with van der Waals surface area (Å²) < 4.78 is 0.